The van der Waals surface area contributed by atoms with E-state index in [9.17, 15) is 9.59 Å². The first-order valence-corrected chi connectivity index (χ1v) is 14.9. The van der Waals surface area contributed by atoms with Crippen LogP contribution in [0.3, 0.4) is 0 Å². The number of amides is 1. The first kappa shape index (κ1) is 30.2. The van der Waals surface area contributed by atoms with Crippen molar-refractivity contribution in [2.45, 2.75) is 52.6 Å². The highest BCUT2D eigenvalue weighted by molar-refractivity contribution is 6.34. The van der Waals surface area contributed by atoms with Crippen molar-refractivity contribution in [1.29, 1.82) is 0 Å². The Morgan fingerprint density at radius 1 is 1.12 bits per heavy atom. The van der Waals surface area contributed by atoms with Crippen LogP contribution in [0, 0.1) is 6.92 Å². The SMILES string of the molecule is C=CC(=O)N1C[C@H](C)N(c2nc(=O)n(-c3c(N(C)C)ccnc3C(C)C)c3nc(-c4ccccc4C)c(Cl)cc23)C[C@H]1C. The number of benzene rings is 1. The zero-order valence-corrected chi connectivity index (χ0v) is 26.6. The summed E-state index contributed by atoms with van der Waals surface area (Å²) in [6.45, 7) is 14.7. The Morgan fingerprint density at radius 3 is 2.49 bits per heavy atom. The normalized spacial score (nSPS) is 17.0. The number of carbonyl (C=O) groups excluding carboxylic acids is 1. The third-order valence-electron chi connectivity index (χ3n) is 8.10. The molecular weight excluding hydrogens is 562 g/mol. The predicted octanol–water partition coefficient (Wildman–Crippen LogP) is 5.61. The van der Waals surface area contributed by atoms with E-state index in [2.05, 4.69) is 25.3 Å². The van der Waals surface area contributed by atoms with Crippen molar-refractivity contribution in [1.82, 2.24) is 24.4 Å². The monoisotopic (exact) mass is 599 g/mol. The number of aryl methyl sites for hydroxylation is 1. The van der Waals surface area contributed by atoms with Crippen LogP contribution in [-0.4, -0.2) is 69.6 Å². The molecule has 43 heavy (non-hydrogen) atoms. The molecule has 1 aliphatic heterocycles. The van der Waals surface area contributed by atoms with E-state index in [0.717, 1.165) is 22.5 Å². The van der Waals surface area contributed by atoms with Crippen LogP contribution >= 0.6 is 11.6 Å². The Morgan fingerprint density at radius 2 is 1.84 bits per heavy atom. The van der Waals surface area contributed by atoms with Crippen LogP contribution < -0.4 is 15.5 Å². The largest absolute Gasteiger partial charge is 0.376 e. The molecule has 224 valence electrons. The number of anilines is 2. The molecule has 0 spiro atoms. The lowest BCUT2D eigenvalue weighted by Gasteiger charge is -2.44. The van der Waals surface area contributed by atoms with Gasteiger partial charge in [-0.25, -0.2) is 14.3 Å². The second-order valence-corrected chi connectivity index (χ2v) is 12.1. The number of pyridine rings is 2. The summed E-state index contributed by atoms with van der Waals surface area (Å²) in [5.41, 5.74) is 4.69. The number of rotatable bonds is 6. The Balaban J connectivity index is 1.86. The van der Waals surface area contributed by atoms with E-state index in [0.29, 0.717) is 46.3 Å². The van der Waals surface area contributed by atoms with Crippen LogP contribution in [0.5, 0.6) is 0 Å². The van der Waals surface area contributed by atoms with Crippen molar-refractivity contribution >= 4 is 40.0 Å². The fraction of sp³-hybridized carbons (Fsp3) is 0.364. The minimum absolute atomic E-state index is 0.0241. The summed E-state index contributed by atoms with van der Waals surface area (Å²) in [4.78, 5) is 47.2. The van der Waals surface area contributed by atoms with Crippen molar-refractivity contribution in [3.8, 4) is 16.9 Å². The number of hydrogen-bond acceptors (Lipinski definition) is 7. The Bertz CT molecular complexity index is 1760. The summed E-state index contributed by atoms with van der Waals surface area (Å²) >= 11 is 6.99. The molecule has 0 saturated carbocycles. The molecule has 5 rings (SSSR count). The molecule has 0 radical (unpaired) electrons. The van der Waals surface area contributed by atoms with Crippen LogP contribution in [0.4, 0.5) is 11.5 Å². The topological polar surface area (TPSA) is 87.5 Å². The lowest BCUT2D eigenvalue weighted by Crippen LogP contribution is -2.58. The van der Waals surface area contributed by atoms with E-state index in [1.165, 1.54) is 6.08 Å². The average Bonchev–Trinajstić information content (AvgIpc) is 2.97. The summed E-state index contributed by atoms with van der Waals surface area (Å²) in [7, 11) is 3.88. The maximum absolute atomic E-state index is 14.3. The third kappa shape index (κ3) is 5.38. The maximum atomic E-state index is 14.3. The molecule has 10 heteroatoms. The number of nitrogens with zero attached hydrogens (tertiary/aromatic N) is 7. The van der Waals surface area contributed by atoms with E-state index in [-0.39, 0.29) is 23.9 Å². The smallest absolute Gasteiger partial charge is 0.355 e. The minimum atomic E-state index is -0.462. The number of aromatic nitrogens is 4. The first-order valence-electron chi connectivity index (χ1n) is 14.5. The molecule has 4 heterocycles. The molecule has 1 aliphatic rings. The average molecular weight is 600 g/mol. The van der Waals surface area contributed by atoms with Gasteiger partial charge in [-0.05, 0) is 50.5 Å². The van der Waals surface area contributed by atoms with E-state index in [4.69, 9.17) is 26.6 Å². The number of hydrogen-bond donors (Lipinski definition) is 0. The van der Waals surface area contributed by atoms with Gasteiger partial charge in [0.25, 0.3) is 0 Å². The summed E-state index contributed by atoms with van der Waals surface area (Å²) in [5.74, 6) is 0.401. The van der Waals surface area contributed by atoms with Crippen molar-refractivity contribution in [2.75, 3.05) is 37.0 Å². The fourth-order valence-electron chi connectivity index (χ4n) is 5.87. The second-order valence-electron chi connectivity index (χ2n) is 11.7. The van der Waals surface area contributed by atoms with Gasteiger partial charge in [0.15, 0.2) is 5.65 Å². The van der Waals surface area contributed by atoms with Gasteiger partial charge >= 0.3 is 5.69 Å². The van der Waals surface area contributed by atoms with Gasteiger partial charge in [0.2, 0.25) is 5.91 Å². The molecule has 3 aromatic heterocycles. The maximum Gasteiger partial charge on any atom is 0.355 e. The van der Waals surface area contributed by atoms with Gasteiger partial charge in [-0.1, -0.05) is 56.3 Å². The van der Waals surface area contributed by atoms with E-state index in [1.807, 2.05) is 76.2 Å². The highest BCUT2D eigenvalue weighted by Gasteiger charge is 2.34. The molecule has 0 unspecified atom stereocenters. The number of carbonyl (C=O) groups is 1. The Hall–Kier alpha value is -4.24. The quantitative estimate of drug-likeness (QED) is 0.266. The van der Waals surface area contributed by atoms with Crippen molar-refractivity contribution in [3.05, 3.63) is 82.0 Å². The second kappa shape index (κ2) is 11.8. The van der Waals surface area contributed by atoms with Gasteiger partial charge in [-0.3, -0.25) is 9.78 Å². The van der Waals surface area contributed by atoms with Gasteiger partial charge in [0.05, 0.1) is 33.2 Å². The van der Waals surface area contributed by atoms with Crippen LogP contribution in [0.1, 0.15) is 44.9 Å². The third-order valence-corrected chi connectivity index (χ3v) is 8.39. The van der Waals surface area contributed by atoms with Gasteiger partial charge < -0.3 is 14.7 Å². The molecule has 0 N–H and O–H groups in total. The van der Waals surface area contributed by atoms with E-state index < -0.39 is 5.69 Å². The lowest BCUT2D eigenvalue weighted by atomic mass is 10.0. The van der Waals surface area contributed by atoms with Crippen LogP contribution in [0.15, 0.2) is 60.0 Å². The Labute approximate surface area is 257 Å². The molecule has 1 fully saturated rings. The zero-order valence-electron chi connectivity index (χ0n) is 25.8. The first-order chi connectivity index (χ1) is 20.4. The summed E-state index contributed by atoms with van der Waals surface area (Å²) < 4.78 is 1.58. The molecule has 1 aromatic carbocycles. The Kier molecular flexibility index (Phi) is 8.29. The summed E-state index contributed by atoms with van der Waals surface area (Å²) in [6.07, 6.45) is 3.10. The zero-order chi connectivity index (χ0) is 31.2. The van der Waals surface area contributed by atoms with Gasteiger partial charge in [0, 0.05) is 51.0 Å². The standard InChI is InChI=1S/C33H38ClN7O2/c1-9-27(42)39-17-22(6)40(18-21(39)5)31-24-16-25(34)29(23-13-11-10-12-20(23)4)36-32(24)41(33(43)37-31)30-26(38(7)8)14-15-35-28(30)19(2)3/h9-16,19,21-22H,1,17-18H2,2-8H3/t21-,22+/m1/s1. The highest BCUT2D eigenvalue weighted by atomic mass is 35.5. The van der Waals surface area contributed by atoms with Crippen LogP contribution in [0.25, 0.3) is 28.0 Å². The molecule has 0 aliphatic carbocycles. The number of piperazine rings is 1. The predicted molar refractivity (Wildman–Crippen MR) is 175 cm³/mol. The molecule has 9 nitrogen and oxygen atoms in total. The lowest BCUT2D eigenvalue weighted by molar-refractivity contribution is -0.128. The highest BCUT2D eigenvalue weighted by Crippen LogP contribution is 2.37. The summed E-state index contributed by atoms with van der Waals surface area (Å²) in [6, 6.07) is 11.4. The molecular formula is C33H38ClN7O2. The van der Waals surface area contributed by atoms with Gasteiger partial charge in [0.1, 0.15) is 5.82 Å². The molecule has 0 bridgehead atoms. The van der Waals surface area contributed by atoms with Crippen LogP contribution in [-0.2, 0) is 4.79 Å². The minimum Gasteiger partial charge on any atom is -0.376 e. The molecule has 1 saturated heterocycles. The molecule has 4 aromatic rings. The summed E-state index contributed by atoms with van der Waals surface area (Å²) in [5, 5.41) is 1.10. The van der Waals surface area contributed by atoms with Crippen molar-refractivity contribution in [2.24, 2.45) is 0 Å². The van der Waals surface area contributed by atoms with Crippen LogP contribution in [0.2, 0.25) is 5.02 Å². The van der Waals surface area contributed by atoms with Crippen molar-refractivity contribution < 1.29 is 4.79 Å². The van der Waals surface area contributed by atoms with E-state index >= 15 is 0 Å². The molecule has 1 amide bonds. The van der Waals surface area contributed by atoms with Gasteiger partial charge in [-0.15, -0.1) is 0 Å². The fourth-order valence-corrected chi connectivity index (χ4v) is 6.12. The number of fused-ring (bicyclic) bond motifs is 1. The van der Waals surface area contributed by atoms with E-state index in [1.54, 1.807) is 15.7 Å². The molecule has 2 atom stereocenters. The van der Waals surface area contributed by atoms with Gasteiger partial charge in [-0.2, -0.15) is 4.98 Å². The van der Waals surface area contributed by atoms with Crippen molar-refractivity contribution in [3.63, 3.8) is 0 Å². The number of halogens is 1.